The van der Waals surface area contributed by atoms with Crippen LogP contribution in [-0.2, 0) is 11.3 Å². The van der Waals surface area contributed by atoms with Crippen molar-refractivity contribution in [3.63, 3.8) is 0 Å². The number of carbonyl (C=O) groups is 1. The summed E-state index contributed by atoms with van der Waals surface area (Å²) in [5.41, 5.74) is 1.59. The summed E-state index contributed by atoms with van der Waals surface area (Å²) in [7, 11) is 3.27. The SMILES string of the molecule is COCCn1c(=NC(=O)c2ccc(OC)cc2)sc2c3ccccc3ccc21. The first-order chi connectivity index (χ1) is 13.7. The minimum absolute atomic E-state index is 0.273. The Bertz CT molecular complexity index is 1210. The Hall–Kier alpha value is -2.96. The number of thiazole rings is 1. The number of benzene rings is 3. The maximum Gasteiger partial charge on any atom is 0.279 e. The van der Waals surface area contributed by atoms with Crippen LogP contribution in [0.15, 0.2) is 65.7 Å². The zero-order valence-corrected chi connectivity index (χ0v) is 16.5. The highest BCUT2D eigenvalue weighted by molar-refractivity contribution is 7.17. The van der Waals surface area contributed by atoms with Gasteiger partial charge in [-0.05, 0) is 35.7 Å². The fraction of sp³-hybridized carbons (Fsp3) is 0.182. The highest BCUT2D eigenvalue weighted by Crippen LogP contribution is 2.27. The molecule has 0 radical (unpaired) electrons. The van der Waals surface area contributed by atoms with Gasteiger partial charge in [0.05, 0.1) is 23.9 Å². The van der Waals surface area contributed by atoms with Crippen molar-refractivity contribution in [2.24, 2.45) is 4.99 Å². The number of amides is 1. The summed E-state index contributed by atoms with van der Waals surface area (Å²) in [4.78, 5) is 17.8. The Kier molecular flexibility index (Phi) is 5.23. The maximum atomic E-state index is 12.7. The molecule has 0 aliphatic carbocycles. The van der Waals surface area contributed by atoms with Gasteiger partial charge in [0.1, 0.15) is 5.75 Å². The van der Waals surface area contributed by atoms with Crippen molar-refractivity contribution in [3.8, 4) is 5.75 Å². The van der Waals surface area contributed by atoms with Crippen molar-refractivity contribution in [1.82, 2.24) is 4.57 Å². The molecule has 6 heteroatoms. The molecule has 142 valence electrons. The molecule has 0 fully saturated rings. The predicted octanol–water partition coefficient (Wildman–Crippen LogP) is 4.25. The molecule has 0 atom stereocenters. The van der Waals surface area contributed by atoms with Gasteiger partial charge in [-0.1, -0.05) is 41.7 Å². The summed E-state index contributed by atoms with van der Waals surface area (Å²) in [6, 6.07) is 19.4. The average Bonchev–Trinajstić information content (AvgIpc) is 3.09. The number of ether oxygens (including phenoxy) is 2. The molecule has 1 aromatic heterocycles. The summed E-state index contributed by atoms with van der Waals surface area (Å²) >= 11 is 1.53. The molecule has 5 nitrogen and oxygen atoms in total. The highest BCUT2D eigenvalue weighted by Gasteiger charge is 2.11. The van der Waals surface area contributed by atoms with Crippen LogP contribution in [0.3, 0.4) is 0 Å². The third-order valence-electron chi connectivity index (χ3n) is 4.63. The molecular formula is C22H20N2O3S. The monoisotopic (exact) mass is 392 g/mol. The number of carbonyl (C=O) groups excluding carboxylic acids is 1. The molecule has 0 unspecified atom stereocenters. The second-order valence-electron chi connectivity index (χ2n) is 6.31. The zero-order chi connectivity index (χ0) is 19.5. The van der Waals surface area contributed by atoms with E-state index in [9.17, 15) is 4.79 Å². The highest BCUT2D eigenvalue weighted by atomic mass is 32.1. The van der Waals surface area contributed by atoms with Crippen molar-refractivity contribution in [2.45, 2.75) is 6.54 Å². The van der Waals surface area contributed by atoms with Crippen LogP contribution in [0.25, 0.3) is 21.0 Å². The van der Waals surface area contributed by atoms with Gasteiger partial charge in [-0.3, -0.25) is 4.79 Å². The first-order valence-electron chi connectivity index (χ1n) is 8.94. The normalized spacial score (nSPS) is 12.0. The number of aromatic nitrogens is 1. The van der Waals surface area contributed by atoms with Crippen molar-refractivity contribution >= 4 is 38.2 Å². The summed E-state index contributed by atoms with van der Waals surface area (Å²) < 4.78 is 13.6. The van der Waals surface area contributed by atoms with Crippen molar-refractivity contribution in [2.75, 3.05) is 20.8 Å². The lowest BCUT2D eigenvalue weighted by molar-refractivity contribution is 0.0997. The summed E-state index contributed by atoms with van der Waals surface area (Å²) in [5, 5.41) is 2.33. The Balaban J connectivity index is 1.87. The molecule has 0 aliphatic heterocycles. The van der Waals surface area contributed by atoms with Crippen LogP contribution in [0.1, 0.15) is 10.4 Å². The largest absolute Gasteiger partial charge is 0.497 e. The molecule has 0 spiro atoms. The lowest BCUT2D eigenvalue weighted by Gasteiger charge is -2.05. The lowest BCUT2D eigenvalue weighted by Crippen LogP contribution is -2.19. The lowest BCUT2D eigenvalue weighted by atomic mass is 10.1. The second-order valence-corrected chi connectivity index (χ2v) is 7.29. The van der Waals surface area contributed by atoms with E-state index in [1.165, 1.54) is 16.7 Å². The number of nitrogens with zero attached hydrogens (tertiary/aromatic N) is 2. The smallest absolute Gasteiger partial charge is 0.279 e. The van der Waals surface area contributed by atoms with Crippen LogP contribution < -0.4 is 9.54 Å². The van der Waals surface area contributed by atoms with Gasteiger partial charge < -0.3 is 14.0 Å². The molecule has 0 bridgehead atoms. The van der Waals surface area contributed by atoms with Crippen LogP contribution >= 0.6 is 11.3 Å². The molecule has 0 aliphatic rings. The van der Waals surface area contributed by atoms with Gasteiger partial charge in [0.15, 0.2) is 4.80 Å². The van der Waals surface area contributed by atoms with E-state index < -0.39 is 0 Å². The van der Waals surface area contributed by atoms with Crippen LogP contribution in [0.2, 0.25) is 0 Å². The predicted molar refractivity (Wildman–Crippen MR) is 112 cm³/mol. The Morgan fingerprint density at radius 3 is 2.57 bits per heavy atom. The number of methoxy groups -OCH3 is 2. The number of hydrogen-bond donors (Lipinski definition) is 0. The van der Waals surface area contributed by atoms with Crippen LogP contribution in [0, 0.1) is 0 Å². The number of fused-ring (bicyclic) bond motifs is 3. The number of hydrogen-bond acceptors (Lipinski definition) is 4. The standard InChI is InChI=1S/C22H20N2O3S/c1-26-14-13-24-19-12-9-15-5-3-4-6-18(15)20(19)28-22(24)23-21(25)16-7-10-17(27-2)11-8-16/h3-12H,13-14H2,1-2H3. The minimum Gasteiger partial charge on any atom is -0.497 e. The van der Waals surface area contributed by atoms with Crippen LogP contribution in [-0.4, -0.2) is 31.3 Å². The van der Waals surface area contributed by atoms with Crippen LogP contribution in [0.4, 0.5) is 0 Å². The fourth-order valence-corrected chi connectivity index (χ4v) is 4.36. The van der Waals surface area contributed by atoms with E-state index in [0.29, 0.717) is 29.3 Å². The zero-order valence-electron chi connectivity index (χ0n) is 15.7. The molecule has 0 saturated heterocycles. The van der Waals surface area contributed by atoms with E-state index in [2.05, 4.69) is 33.8 Å². The van der Waals surface area contributed by atoms with E-state index in [1.807, 2.05) is 12.1 Å². The summed E-state index contributed by atoms with van der Waals surface area (Å²) in [6.07, 6.45) is 0. The van der Waals surface area contributed by atoms with Crippen molar-refractivity contribution in [1.29, 1.82) is 0 Å². The van der Waals surface area contributed by atoms with Gasteiger partial charge in [0.25, 0.3) is 5.91 Å². The Morgan fingerprint density at radius 1 is 1.04 bits per heavy atom. The topological polar surface area (TPSA) is 52.8 Å². The third kappa shape index (κ3) is 3.44. The van der Waals surface area contributed by atoms with Crippen molar-refractivity contribution in [3.05, 3.63) is 71.0 Å². The van der Waals surface area contributed by atoms with Gasteiger partial charge in [-0.25, -0.2) is 0 Å². The second kappa shape index (κ2) is 7.96. The Labute approximate surface area is 166 Å². The van der Waals surface area contributed by atoms with Gasteiger partial charge >= 0.3 is 0 Å². The van der Waals surface area contributed by atoms with E-state index in [0.717, 1.165) is 15.6 Å². The van der Waals surface area contributed by atoms with Gasteiger partial charge in [-0.2, -0.15) is 4.99 Å². The fourth-order valence-electron chi connectivity index (χ4n) is 3.17. The van der Waals surface area contributed by atoms with E-state index in [4.69, 9.17) is 9.47 Å². The quantitative estimate of drug-likeness (QED) is 0.510. The average molecular weight is 392 g/mol. The third-order valence-corrected chi connectivity index (χ3v) is 5.75. The molecule has 3 aromatic carbocycles. The van der Waals surface area contributed by atoms with E-state index >= 15 is 0 Å². The van der Waals surface area contributed by atoms with E-state index in [-0.39, 0.29) is 5.91 Å². The van der Waals surface area contributed by atoms with Crippen molar-refractivity contribution < 1.29 is 14.3 Å². The first-order valence-corrected chi connectivity index (χ1v) is 9.76. The van der Waals surface area contributed by atoms with Gasteiger partial charge in [0, 0.05) is 24.6 Å². The minimum atomic E-state index is -0.273. The molecule has 1 amide bonds. The van der Waals surface area contributed by atoms with Gasteiger partial charge in [0.2, 0.25) is 0 Å². The summed E-state index contributed by atoms with van der Waals surface area (Å²) in [5.74, 6) is 0.435. The molecular weight excluding hydrogens is 372 g/mol. The molecule has 28 heavy (non-hydrogen) atoms. The Morgan fingerprint density at radius 2 is 1.82 bits per heavy atom. The molecule has 4 aromatic rings. The maximum absolute atomic E-state index is 12.7. The van der Waals surface area contributed by atoms with E-state index in [1.54, 1.807) is 38.5 Å². The first kappa shape index (κ1) is 18.4. The molecule has 0 N–H and O–H groups in total. The molecule has 0 saturated carbocycles. The van der Waals surface area contributed by atoms with Crippen LogP contribution in [0.5, 0.6) is 5.75 Å². The number of rotatable bonds is 5. The molecule has 1 heterocycles. The summed E-state index contributed by atoms with van der Waals surface area (Å²) in [6.45, 7) is 1.17. The van der Waals surface area contributed by atoms with Gasteiger partial charge in [-0.15, -0.1) is 0 Å². The molecule has 4 rings (SSSR count).